The second kappa shape index (κ2) is 8.75. The molecule has 0 aliphatic carbocycles. The molecule has 1 aromatic carbocycles. The molecule has 1 aliphatic heterocycles. The van der Waals surface area contributed by atoms with E-state index in [0.717, 1.165) is 0 Å². The lowest BCUT2D eigenvalue weighted by atomic mass is 10.2. The number of methoxy groups -OCH3 is 2. The van der Waals surface area contributed by atoms with Crippen LogP contribution in [0, 0.1) is 0 Å². The molecule has 0 saturated carbocycles. The van der Waals surface area contributed by atoms with Crippen molar-refractivity contribution >= 4 is 10.0 Å². The van der Waals surface area contributed by atoms with Crippen LogP contribution in [0.5, 0.6) is 11.5 Å². The highest BCUT2D eigenvalue weighted by Crippen LogP contribution is 2.29. The Morgan fingerprint density at radius 2 is 1.96 bits per heavy atom. The summed E-state index contributed by atoms with van der Waals surface area (Å²) in [5.41, 5.74) is 0. The van der Waals surface area contributed by atoms with E-state index in [1.165, 1.54) is 20.3 Å². The lowest BCUT2D eigenvalue weighted by molar-refractivity contribution is 0.0128. The molecule has 1 saturated heterocycles. The van der Waals surface area contributed by atoms with Crippen molar-refractivity contribution in [2.24, 2.45) is 0 Å². The van der Waals surface area contributed by atoms with Crippen molar-refractivity contribution in [1.82, 2.24) is 9.62 Å². The van der Waals surface area contributed by atoms with Crippen molar-refractivity contribution in [1.29, 1.82) is 0 Å². The van der Waals surface area contributed by atoms with Crippen LogP contribution in [0.25, 0.3) is 0 Å². The van der Waals surface area contributed by atoms with Crippen molar-refractivity contribution in [2.75, 3.05) is 47.1 Å². The summed E-state index contributed by atoms with van der Waals surface area (Å²) >= 11 is 0. The van der Waals surface area contributed by atoms with Gasteiger partial charge >= 0.3 is 0 Å². The molecule has 8 nitrogen and oxygen atoms in total. The smallest absolute Gasteiger partial charge is 0.244 e. The van der Waals surface area contributed by atoms with Crippen LogP contribution in [0.15, 0.2) is 45.9 Å². The molecule has 1 aromatic heterocycles. The van der Waals surface area contributed by atoms with E-state index in [1.54, 1.807) is 24.5 Å². The van der Waals surface area contributed by atoms with Gasteiger partial charge in [-0.05, 0) is 24.3 Å². The first-order chi connectivity index (χ1) is 13.0. The van der Waals surface area contributed by atoms with Crippen LogP contribution < -0.4 is 14.2 Å². The van der Waals surface area contributed by atoms with Crippen molar-refractivity contribution in [2.45, 2.75) is 10.9 Å². The third kappa shape index (κ3) is 4.62. The van der Waals surface area contributed by atoms with Crippen LogP contribution in [-0.2, 0) is 14.8 Å². The third-order valence-corrected chi connectivity index (χ3v) is 5.93. The Hall–Kier alpha value is -2.07. The molecule has 1 unspecified atom stereocenters. The van der Waals surface area contributed by atoms with Gasteiger partial charge in [-0.2, -0.15) is 0 Å². The number of sulfonamides is 1. The maximum Gasteiger partial charge on any atom is 0.244 e. The van der Waals surface area contributed by atoms with Crippen molar-refractivity contribution in [3.05, 3.63) is 42.4 Å². The number of hydrogen-bond donors (Lipinski definition) is 1. The van der Waals surface area contributed by atoms with E-state index in [1.807, 2.05) is 6.07 Å². The molecule has 148 valence electrons. The molecule has 3 rings (SSSR count). The first-order valence-corrected chi connectivity index (χ1v) is 10.1. The fraction of sp³-hybridized carbons (Fsp3) is 0.444. The van der Waals surface area contributed by atoms with E-state index >= 15 is 0 Å². The summed E-state index contributed by atoms with van der Waals surface area (Å²) in [5.74, 6) is 1.40. The Bertz CT molecular complexity index is 832. The normalized spacial score (nSPS) is 16.8. The molecular weight excluding hydrogens is 372 g/mol. The standard InChI is InChI=1S/C18H24N2O6S/c1-23-14-5-6-17(24-2)18(12-14)27(21,22)19-13-15(16-4-3-9-26-16)20-7-10-25-11-8-20/h3-6,9,12,15,19H,7-8,10-11,13H2,1-2H3. The topological polar surface area (TPSA) is 90.2 Å². The van der Waals surface area contributed by atoms with Gasteiger partial charge in [-0.15, -0.1) is 0 Å². The molecule has 1 atom stereocenters. The lowest BCUT2D eigenvalue weighted by Crippen LogP contribution is -2.43. The number of ether oxygens (including phenoxy) is 3. The third-order valence-electron chi connectivity index (χ3n) is 4.49. The molecule has 1 N–H and O–H groups in total. The number of nitrogens with zero attached hydrogens (tertiary/aromatic N) is 1. The summed E-state index contributed by atoms with van der Waals surface area (Å²) in [6.07, 6.45) is 1.59. The first-order valence-electron chi connectivity index (χ1n) is 8.62. The van der Waals surface area contributed by atoms with E-state index in [2.05, 4.69) is 9.62 Å². The number of furan rings is 1. The van der Waals surface area contributed by atoms with Gasteiger partial charge in [0.2, 0.25) is 10.0 Å². The van der Waals surface area contributed by atoms with Crippen molar-refractivity contribution in [3.8, 4) is 11.5 Å². The molecule has 0 spiro atoms. The van der Waals surface area contributed by atoms with E-state index < -0.39 is 10.0 Å². The minimum Gasteiger partial charge on any atom is -0.497 e. The van der Waals surface area contributed by atoms with Gasteiger partial charge in [-0.25, -0.2) is 13.1 Å². The summed E-state index contributed by atoms with van der Waals surface area (Å²) in [6.45, 7) is 2.78. The molecule has 2 heterocycles. The molecule has 27 heavy (non-hydrogen) atoms. The number of morpholine rings is 1. The van der Waals surface area contributed by atoms with Crippen LogP contribution in [0.2, 0.25) is 0 Å². The summed E-state index contributed by atoms with van der Waals surface area (Å²) in [4.78, 5) is 2.18. The Balaban J connectivity index is 1.82. The predicted octanol–water partition coefficient (Wildman–Crippen LogP) is 1.65. The molecular formula is C18H24N2O6S. The number of benzene rings is 1. The minimum absolute atomic E-state index is 0.0320. The Labute approximate surface area is 159 Å². The monoisotopic (exact) mass is 396 g/mol. The zero-order valence-corrected chi connectivity index (χ0v) is 16.2. The number of hydrogen-bond acceptors (Lipinski definition) is 7. The van der Waals surface area contributed by atoms with Crippen molar-refractivity contribution in [3.63, 3.8) is 0 Å². The van der Waals surface area contributed by atoms with Crippen LogP contribution in [0.3, 0.4) is 0 Å². The highest BCUT2D eigenvalue weighted by Gasteiger charge is 2.28. The molecule has 9 heteroatoms. The largest absolute Gasteiger partial charge is 0.497 e. The van der Waals surface area contributed by atoms with Gasteiger partial charge in [0, 0.05) is 25.7 Å². The highest BCUT2D eigenvalue weighted by molar-refractivity contribution is 7.89. The van der Waals surface area contributed by atoms with Gasteiger partial charge in [0.25, 0.3) is 0 Å². The average molecular weight is 396 g/mol. The zero-order chi connectivity index (χ0) is 19.3. The van der Waals surface area contributed by atoms with Gasteiger partial charge in [0.1, 0.15) is 22.2 Å². The molecule has 2 aromatic rings. The van der Waals surface area contributed by atoms with Gasteiger partial charge in [0.05, 0.1) is 39.7 Å². The molecule has 1 fully saturated rings. The summed E-state index contributed by atoms with van der Waals surface area (Å²) in [6, 6.07) is 8.08. The number of nitrogens with one attached hydrogen (secondary N) is 1. The van der Waals surface area contributed by atoms with Gasteiger partial charge in [-0.3, -0.25) is 4.90 Å². The van der Waals surface area contributed by atoms with Crippen LogP contribution >= 0.6 is 0 Å². The van der Waals surface area contributed by atoms with Crippen molar-refractivity contribution < 1.29 is 27.0 Å². The molecule has 0 radical (unpaired) electrons. The second-order valence-electron chi connectivity index (χ2n) is 6.05. The van der Waals surface area contributed by atoms with Crippen LogP contribution in [0.1, 0.15) is 11.8 Å². The van der Waals surface area contributed by atoms with Crippen LogP contribution in [0.4, 0.5) is 0 Å². The van der Waals surface area contributed by atoms with E-state index in [-0.39, 0.29) is 23.2 Å². The minimum atomic E-state index is -3.82. The van der Waals surface area contributed by atoms with E-state index in [9.17, 15) is 8.42 Å². The second-order valence-corrected chi connectivity index (χ2v) is 7.78. The van der Waals surface area contributed by atoms with Gasteiger partial charge in [-0.1, -0.05) is 0 Å². The predicted molar refractivity (Wildman–Crippen MR) is 98.6 cm³/mol. The Morgan fingerprint density at radius 1 is 1.19 bits per heavy atom. The number of rotatable bonds is 8. The maximum absolute atomic E-state index is 12.9. The Kier molecular flexibility index (Phi) is 6.38. The van der Waals surface area contributed by atoms with E-state index in [0.29, 0.717) is 37.8 Å². The maximum atomic E-state index is 12.9. The van der Waals surface area contributed by atoms with E-state index in [4.69, 9.17) is 18.6 Å². The first kappa shape index (κ1) is 19.7. The molecule has 0 bridgehead atoms. The van der Waals surface area contributed by atoms with Gasteiger partial charge in [0.15, 0.2) is 0 Å². The quantitative estimate of drug-likeness (QED) is 0.725. The summed E-state index contributed by atoms with van der Waals surface area (Å²) < 4.78 is 49.8. The molecule has 0 amide bonds. The SMILES string of the molecule is COc1ccc(OC)c(S(=O)(=O)NCC(c2ccco2)N2CCOCC2)c1. The fourth-order valence-corrected chi connectivity index (χ4v) is 4.26. The summed E-state index contributed by atoms with van der Waals surface area (Å²) in [7, 11) is -0.901. The van der Waals surface area contributed by atoms with Gasteiger partial charge < -0.3 is 18.6 Å². The molecule has 1 aliphatic rings. The zero-order valence-electron chi connectivity index (χ0n) is 15.4. The average Bonchev–Trinajstić information content (AvgIpc) is 3.23. The fourth-order valence-electron chi connectivity index (χ4n) is 3.04. The van der Waals surface area contributed by atoms with Crippen LogP contribution in [-0.4, -0.2) is 60.4 Å². The highest BCUT2D eigenvalue weighted by atomic mass is 32.2. The Morgan fingerprint density at radius 3 is 2.59 bits per heavy atom. The lowest BCUT2D eigenvalue weighted by Gasteiger charge is -2.33. The summed E-state index contributed by atoms with van der Waals surface area (Å²) in [5, 5.41) is 0.